The zero-order chi connectivity index (χ0) is 13.4. The molecule has 104 valence electrons. The smallest absolute Gasteiger partial charge is 0.317 e. The molecule has 0 atom stereocenters. The van der Waals surface area contributed by atoms with Crippen LogP contribution in [-0.2, 0) is 14.3 Å². The largest absolute Gasteiger partial charge is 0.480 e. The summed E-state index contributed by atoms with van der Waals surface area (Å²) in [5, 5.41) is 8.74. The van der Waals surface area contributed by atoms with Gasteiger partial charge in [-0.15, -0.1) is 0 Å². The molecule has 1 heterocycles. The van der Waals surface area contributed by atoms with Crippen molar-refractivity contribution in [2.75, 3.05) is 45.9 Å². The SMILES string of the molecule is CCOCCC(=O)N1CCCN(CC(=O)O)CC1. The normalized spacial score (nSPS) is 17.5. The average molecular weight is 258 g/mol. The molecule has 0 aromatic rings. The fourth-order valence-electron chi connectivity index (χ4n) is 2.03. The highest BCUT2D eigenvalue weighted by atomic mass is 16.5. The third kappa shape index (κ3) is 5.46. The number of hydrogen-bond acceptors (Lipinski definition) is 4. The summed E-state index contributed by atoms with van der Waals surface area (Å²) in [5.74, 6) is -0.716. The van der Waals surface area contributed by atoms with E-state index in [1.165, 1.54) is 0 Å². The van der Waals surface area contributed by atoms with Crippen LogP contribution in [0.1, 0.15) is 19.8 Å². The maximum absolute atomic E-state index is 11.9. The minimum absolute atomic E-state index is 0.0565. The van der Waals surface area contributed by atoms with E-state index < -0.39 is 5.97 Å². The molecule has 0 aromatic heterocycles. The number of ether oxygens (including phenoxy) is 1. The first-order chi connectivity index (χ1) is 8.63. The monoisotopic (exact) mass is 258 g/mol. The predicted octanol–water partition coefficient (Wildman–Crippen LogP) is 0.0319. The van der Waals surface area contributed by atoms with Gasteiger partial charge in [-0.1, -0.05) is 0 Å². The number of carboxylic acid groups (broad SMARTS) is 1. The lowest BCUT2D eigenvalue weighted by atomic mass is 10.3. The third-order valence-electron chi connectivity index (χ3n) is 2.96. The van der Waals surface area contributed by atoms with E-state index in [2.05, 4.69) is 0 Å². The van der Waals surface area contributed by atoms with Crippen LogP contribution in [0, 0.1) is 0 Å². The highest BCUT2D eigenvalue weighted by molar-refractivity contribution is 5.76. The summed E-state index contributed by atoms with van der Waals surface area (Å²) < 4.78 is 5.16. The lowest BCUT2D eigenvalue weighted by Gasteiger charge is -2.21. The zero-order valence-electron chi connectivity index (χ0n) is 10.9. The number of aliphatic carboxylic acids is 1. The Labute approximate surface area is 107 Å². The molecule has 0 unspecified atom stereocenters. The fourth-order valence-corrected chi connectivity index (χ4v) is 2.03. The molecule has 18 heavy (non-hydrogen) atoms. The topological polar surface area (TPSA) is 70.1 Å². The van der Waals surface area contributed by atoms with Gasteiger partial charge in [0.25, 0.3) is 0 Å². The Morgan fingerprint density at radius 2 is 2.00 bits per heavy atom. The van der Waals surface area contributed by atoms with Crippen LogP contribution in [0.4, 0.5) is 0 Å². The van der Waals surface area contributed by atoms with Gasteiger partial charge in [-0.2, -0.15) is 0 Å². The molecule has 1 fully saturated rings. The number of rotatable bonds is 6. The first-order valence-corrected chi connectivity index (χ1v) is 6.43. The van der Waals surface area contributed by atoms with E-state index in [4.69, 9.17) is 9.84 Å². The first-order valence-electron chi connectivity index (χ1n) is 6.43. The van der Waals surface area contributed by atoms with Crippen LogP contribution in [0.3, 0.4) is 0 Å². The van der Waals surface area contributed by atoms with Crippen LogP contribution in [0.15, 0.2) is 0 Å². The predicted molar refractivity (Wildman–Crippen MR) is 66.4 cm³/mol. The molecule has 0 saturated carbocycles. The molecule has 1 aliphatic rings. The van der Waals surface area contributed by atoms with Crippen LogP contribution >= 0.6 is 0 Å². The molecule has 0 radical (unpaired) electrons. The van der Waals surface area contributed by atoms with E-state index in [1.54, 1.807) is 4.90 Å². The molecule has 0 aromatic carbocycles. The van der Waals surface area contributed by atoms with E-state index in [9.17, 15) is 9.59 Å². The molecule has 1 saturated heterocycles. The summed E-state index contributed by atoms with van der Waals surface area (Å²) >= 11 is 0. The maximum Gasteiger partial charge on any atom is 0.317 e. The Hall–Kier alpha value is -1.14. The summed E-state index contributed by atoms with van der Waals surface area (Å²) in [6.07, 6.45) is 1.24. The number of amides is 1. The van der Waals surface area contributed by atoms with Gasteiger partial charge in [0.15, 0.2) is 0 Å². The Kier molecular flexibility index (Phi) is 6.67. The van der Waals surface area contributed by atoms with Gasteiger partial charge < -0.3 is 14.7 Å². The zero-order valence-corrected chi connectivity index (χ0v) is 10.9. The number of carbonyl (C=O) groups excluding carboxylic acids is 1. The minimum atomic E-state index is -0.814. The number of carboxylic acids is 1. The van der Waals surface area contributed by atoms with E-state index in [0.29, 0.717) is 39.3 Å². The van der Waals surface area contributed by atoms with Crippen molar-refractivity contribution in [1.82, 2.24) is 9.80 Å². The van der Waals surface area contributed by atoms with Crippen molar-refractivity contribution >= 4 is 11.9 Å². The lowest BCUT2D eigenvalue weighted by molar-refractivity contribution is -0.138. The van der Waals surface area contributed by atoms with Crippen LogP contribution in [0.2, 0.25) is 0 Å². The second-order valence-corrected chi connectivity index (χ2v) is 4.35. The summed E-state index contributed by atoms with van der Waals surface area (Å²) in [6.45, 7) is 5.74. The summed E-state index contributed by atoms with van der Waals surface area (Å²) in [6, 6.07) is 0. The Morgan fingerprint density at radius 1 is 1.22 bits per heavy atom. The quantitative estimate of drug-likeness (QED) is 0.681. The molecule has 1 amide bonds. The fraction of sp³-hybridized carbons (Fsp3) is 0.833. The van der Waals surface area contributed by atoms with Crippen molar-refractivity contribution in [3.63, 3.8) is 0 Å². The van der Waals surface area contributed by atoms with Crippen molar-refractivity contribution < 1.29 is 19.4 Å². The van der Waals surface area contributed by atoms with Gasteiger partial charge in [0.2, 0.25) is 5.91 Å². The average Bonchev–Trinajstić information content (AvgIpc) is 2.54. The molecule has 0 aliphatic carbocycles. The molecule has 0 bridgehead atoms. The van der Waals surface area contributed by atoms with Crippen LogP contribution < -0.4 is 0 Å². The molecule has 6 nitrogen and oxygen atoms in total. The lowest BCUT2D eigenvalue weighted by Crippen LogP contribution is -2.37. The maximum atomic E-state index is 11.9. The molecule has 1 aliphatic heterocycles. The van der Waals surface area contributed by atoms with Crippen molar-refractivity contribution in [3.05, 3.63) is 0 Å². The van der Waals surface area contributed by atoms with Crippen molar-refractivity contribution in [3.8, 4) is 0 Å². The van der Waals surface area contributed by atoms with E-state index >= 15 is 0 Å². The molecule has 6 heteroatoms. The number of nitrogens with zero attached hydrogens (tertiary/aromatic N) is 2. The third-order valence-corrected chi connectivity index (χ3v) is 2.96. The van der Waals surface area contributed by atoms with Gasteiger partial charge in [0, 0.05) is 32.8 Å². The van der Waals surface area contributed by atoms with Gasteiger partial charge in [0.05, 0.1) is 19.6 Å². The standard InChI is InChI=1S/C12H22N2O4/c1-2-18-9-4-11(15)14-6-3-5-13(7-8-14)10-12(16)17/h2-10H2,1H3,(H,16,17). The van der Waals surface area contributed by atoms with E-state index in [-0.39, 0.29) is 12.5 Å². The minimum Gasteiger partial charge on any atom is -0.480 e. The Balaban J connectivity index is 2.32. The summed E-state index contributed by atoms with van der Waals surface area (Å²) in [5.41, 5.74) is 0. The Bertz CT molecular complexity index is 283. The highest BCUT2D eigenvalue weighted by Gasteiger charge is 2.19. The molecular formula is C12H22N2O4. The van der Waals surface area contributed by atoms with Gasteiger partial charge >= 0.3 is 5.97 Å². The second kappa shape index (κ2) is 8.05. The number of hydrogen-bond donors (Lipinski definition) is 1. The van der Waals surface area contributed by atoms with Crippen LogP contribution in [0.25, 0.3) is 0 Å². The molecular weight excluding hydrogens is 236 g/mol. The summed E-state index contributed by atoms with van der Waals surface area (Å²) in [7, 11) is 0. The van der Waals surface area contributed by atoms with E-state index in [0.717, 1.165) is 13.0 Å². The second-order valence-electron chi connectivity index (χ2n) is 4.35. The van der Waals surface area contributed by atoms with Gasteiger partial charge in [0.1, 0.15) is 0 Å². The molecule has 0 spiro atoms. The summed E-state index contributed by atoms with van der Waals surface area (Å²) in [4.78, 5) is 26.2. The first kappa shape index (κ1) is 14.9. The van der Waals surface area contributed by atoms with Crippen molar-refractivity contribution in [2.45, 2.75) is 19.8 Å². The van der Waals surface area contributed by atoms with Gasteiger partial charge in [-0.05, 0) is 13.3 Å². The number of carbonyl (C=O) groups is 2. The van der Waals surface area contributed by atoms with Crippen LogP contribution in [-0.4, -0.2) is 72.7 Å². The van der Waals surface area contributed by atoms with Crippen LogP contribution in [0.5, 0.6) is 0 Å². The van der Waals surface area contributed by atoms with E-state index in [1.807, 2.05) is 11.8 Å². The van der Waals surface area contributed by atoms with Gasteiger partial charge in [-0.3, -0.25) is 14.5 Å². The molecule has 1 N–H and O–H groups in total. The van der Waals surface area contributed by atoms with Crippen molar-refractivity contribution in [2.24, 2.45) is 0 Å². The van der Waals surface area contributed by atoms with Gasteiger partial charge in [-0.25, -0.2) is 0 Å². The molecule has 1 rings (SSSR count). The Morgan fingerprint density at radius 3 is 2.67 bits per heavy atom. The highest BCUT2D eigenvalue weighted by Crippen LogP contribution is 2.05. The van der Waals surface area contributed by atoms with Crippen molar-refractivity contribution in [1.29, 1.82) is 0 Å².